The number of rotatable bonds is 3. The Morgan fingerprint density at radius 1 is 1.19 bits per heavy atom. The summed E-state index contributed by atoms with van der Waals surface area (Å²) in [6.45, 7) is 0. The standard InChI is InChI=1S/C20H23N3O4/c1-22-19(25)14-8-4-3-7-13(14)15(21-22)11-18(24)23-16-9-5-2-6-12(16)10-17(23)20(26)27/h3-4,7-8,12,16-17H,2,5-6,9-11H2,1H3,(H,26,27)/t12-,16-,17+/m1/s1. The van der Waals surface area contributed by atoms with E-state index < -0.39 is 12.0 Å². The van der Waals surface area contributed by atoms with Crippen molar-refractivity contribution >= 4 is 22.6 Å². The molecule has 2 heterocycles. The Kier molecular flexibility index (Phi) is 4.45. The molecule has 2 aliphatic rings. The molecule has 4 rings (SSSR count). The van der Waals surface area contributed by atoms with E-state index in [-0.39, 0.29) is 29.8 Å². The molecule has 27 heavy (non-hydrogen) atoms. The van der Waals surface area contributed by atoms with Crippen LogP contribution < -0.4 is 5.56 Å². The van der Waals surface area contributed by atoms with Gasteiger partial charge in [0.05, 0.1) is 17.5 Å². The molecule has 0 radical (unpaired) electrons. The Morgan fingerprint density at radius 2 is 1.89 bits per heavy atom. The number of aromatic nitrogens is 2. The molecule has 0 bridgehead atoms. The molecule has 1 aliphatic heterocycles. The van der Waals surface area contributed by atoms with Gasteiger partial charge < -0.3 is 10.0 Å². The average Bonchev–Trinajstić information content (AvgIpc) is 3.06. The van der Waals surface area contributed by atoms with E-state index in [0.29, 0.717) is 22.9 Å². The molecule has 142 valence electrons. The van der Waals surface area contributed by atoms with Crippen LogP contribution in [0.15, 0.2) is 29.1 Å². The first kappa shape index (κ1) is 17.7. The van der Waals surface area contributed by atoms with Crippen molar-refractivity contribution in [3.05, 3.63) is 40.3 Å². The largest absolute Gasteiger partial charge is 0.480 e. The highest BCUT2D eigenvalue weighted by atomic mass is 16.4. The molecular weight excluding hydrogens is 346 g/mol. The van der Waals surface area contributed by atoms with Crippen LogP contribution in [-0.2, 0) is 23.1 Å². The first-order valence-corrected chi connectivity index (χ1v) is 9.46. The van der Waals surface area contributed by atoms with Crippen LogP contribution in [0.1, 0.15) is 37.8 Å². The number of hydrogen-bond donors (Lipinski definition) is 1. The fraction of sp³-hybridized carbons (Fsp3) is 0.500. The second-order valence-corrected chi connectivity index (χ2v) is 7.60. The quantitative estimate of drug-likeness (QED) is 0.889. The second-order valence-electron chi connectivity index (χ2n) is 7.60. The molecule has 2 aromatic rings. The zero-order valence-electron chi connectivity index (χ0n) is 15.3. The zero-order chi connectivity index (χ0) is 19.1. The normalized spacial score (nSPS) is 24.8. The van der Waals surface area contributed by atoms with Crippen molar-refractivity contribution in [2.24, 2.45) is 13.0 Å². The summed E-state index contributed by atoms with van der Waals surface area (Å²) >= 11 is 0. The second kappa shape index (κ2) is 6.79. The molecule has 1 saturated carbocycles. The third-order valence-corrected chi connectivity index (χ3v) is 6.01. The Labute approximate surface area is 156 Å². The highest BCUT2D eigenvalue weighted by molar-refractivity contribution is 5.90. The van der Waals surface area contributed by atoms with E-state index in [1.54, 1.807) is 30.1 Å². The van der Waals surface area contributed by atoms with Gasteiger partial charge in [0, 0.05) is 18.5 Å². The highest BCUT2D eigenvalue weighted by Crippen LogP contribution is 2.40. The fourth-order valence-electron chi connectivity index (χ4n) is 4.78. The van der Waals surface area contributed by atoms with Crippen LogP contribution in [0.3, 0.4) is 0 Å². The van der Waals surface area contributed by atoms with Crippen molar-refractivity contribution < 1.29 is 14.7 Å². The third kappa shape index (κ3) is 3.01. The molecular formula is C20H23N3O4. The molecule has 1 aromatic heterocycles. The maximum absolute atomic E-state index is 13.2. The number of carbonyl (C=O) groups excluding carboxylic acids is 1. The predicted molar refractivity (Wildman–Crippen MR) is 99.3 cm³/mol. The number of carboxylic acid groups (broad SMARTS) is 1. The van der Waals surface area contributed by atoms with Gasteiger partial charge in [-0.2, -0.15) is 5.10 Å². The summed E-state index contributed by atoms with van der Waals surface area (Å²) in [5, 5.41) is 15.1. The summed E-state index contributed by atoms with van der Waals surface area (Å²) in [5.74, 6) is -0.877. The zero-order valence-corrected chi connectivity index (χ0v) is 15.3. The molecule has 7 heteroatoms. The van der Waals surface area contributed by atoms with E-state index in [9.17, 15) is 19.5 Å². The van der Waals surface area contributed by atoms with Crippen LogP contribution in [0.5, 0.6) is 0 Å². The number of hydrogen-bond acceptors (Lipinski definition) is 4. The summed E-state index contributed by atoms with van der Waals surface area (Å²) < 4.78 is 1.24. The number of aryl methyl sites for hydroxylation is 1. The van der Waals surface area contributed by atoms with Gasteiger partial charge in [0.15, 0.2) is 0 Å². The minimum atomic E-state index is -0.934. The van der Waals surface area contributed by atoms with Crippen molar-refractivity contribution in [3.8, 4) is 0 Å². The molecule has 0 spiro atoms. The van der Waals surface area contributed by atoms with Gasteiger partial charge in [-0.05, 0) is 31.2 Å². The number of carboxylic acids is 1. The molecule has 1 aromatic carbocycles. The first-order chi connectivity index (χ1) is 13.0. The monoisotopic (exact) mass is 369 g/mol. The minimum absolute atomic E-state index is 0.00162. The van der Waals surface area contributed by atoms with E-state index in [4.69, 9.17) is 0 Å². The fourth-order valence-corrected chi connectivity index (χ4v) is 4.78. The van der Waals surface area contributed by atoms with Gasteiger partial charge in [0.2, 0.25) is 5.91 Å². The number of amides is 1. The predicted octanol–water partition coefficient (Wildman–Crippen LogP) is 1.72. The highest BCUT2D eigenvalue weighted by Gasteiger charge is 2.47. The van der Waals surface area contributed by atoms with Crippen LogP contribution in [0.2, 0.25) is 0 Å². The van der Waals surface area contributed by atoms with Crippen LogP contribution >= 0.6 is 0 Å². The van der Waals surface area contributed by atoms with E-state index >= 15 is 0 Å². The van der Waals surface area contributed by atoms with Gasteiger partial charge >= 0.3 is 5.97 Å². The average molecular weight is 369 g/mol. The minimum Gasteiger partial charge on any atom is -0.480 e. The Balaban J connectivity index is 1.69. The lowest BCUT2D eigenvalue weighted by Gasteiger charge is -2.33. The van der Waals surface area contributed by atoms with Crippen molar-refractivity contribution in [1.82, 2.24) is 14.7 Å². The smallest absolute Gasteiger partial charge is 0.326 e. The molecule has 1 saturated heterocycles. The Hall–Kier alpha value is -2.70. The van der Waals surface area contributed by atoms with Gasteiger partial charge in [-0.3, -0.25) is 9.59 Å². The van der Waals surface area contributed by atoms with Gasteiger partial charge in [-0.25, -0.2) is 9.48 Å². The van der Waals surface area contributed by atoms with Crippen molar-refractivity contribution in [1.29, 1.82) is 0 Å². The molecule has 2 fully saturated rings. The number of aliphatic carboxylic acids is 1. The van der Waals surface area contributed by atoms with Gasteiger partial charge in [-0.15, -0.1) is 0 Å². The van der Waals surface area contributed by atoms with Crippen LogP contribution in [0.25, 0.3) is 10.8 Å². The third-order valence-electron chi connectivity index (χ3n) is 6.01. The molecule has 1 amide bonds. The van der Waals surface area contributed by atoms with Crippen molar-refractivity contribution in [2.75, 3.05) is 0 Å². The lowest BCUT2D eigenvalue weighted by Crippen LogP contribution is -2.47. The van der Waals surface area contributed by atoms with E-state index in [1.807, 2.05) is 6.07 Å². The number of fused-ring (bicyclic) bond motifs is 2. The van der Waals surface area contributed by atoms with Gasteiger partial charge in [0.1, 0.15) is 6.04 Å². The number of likely N-dealkylation sites (tertiary alicyclic amines) is 1. The molecule has 1 N–H and O–H groups in total. The Morgan fingerprint density at radius 3 is 2.63 bits per heavy atom. The summed E-state index contributed by atoms with van der Waals surface area (Å²) in [5.41, 5.74) is 0.305. The first-order valence-electron chi connectivity index (χ1n) is 9.46. The van der Waals surface area contributed by atoms with Crippen LogP contribution in [0, 0.1) is 5.92 Å². The molecule has 3 atom stereocenters. The van der Waals surface area contributed by atoms with Crippen molar-refractivity contribution in [3.63, 3.8) is 0 Å². The van der Waals surface area contributed by atoms with E-state index in [1.165, 1.54) is 4.68 Å². The lowest BCUT2D eigenvalue weighted by atomic mass is 9.84. The number of benzene rings is 1. The van der Waals surface area contributed by atoms with E-state index in [0.717, 1.165) is 25.7 Å². The topological polar surface area (TPSA) is 92.5 Å². The molecule has 1 aliphatic carbocycles. The lowest BCUT2D eigenvalue weighted by molar-refractivity contribution is -0.149. The van der Waals surface area contributed by atoms with Gasteiger partial charge in [-0.1, -0.05) is 31.0 Å². The number of nitrogens with zero attached hydrogens (tertiary/aromatic N) is 3. The SMILES string of the molecule is Cn1nc(CC(=O)N2[C@@H]3CCCC[C@@H]3C[C@H]2C(=O)O)c2ccccc2c1=O. The summed E-state index contributed by atoms with van der Waals surface area (Å²) in [4.78, 5) is 38.8. The summed E-state index contributed by atoms with van der Waals surface area (Å²) in [6, 6.07) is 6.35. The number of carbonyl (C=O) groups is 2. The maximum atomic E-state index is 13.2. The summed E-state index contributed by atoms with van der Waals surface area (Å²) in [6.07, 6.45) is 4.51. The summed E-state index contributed by atoms with van der Waals surface area (Å²) in [7, 11) is 1.57. The molecule has 0 unspecified atom stereocenters. The van der Waals surface area contributed by atoms with Crippen LogP contribution in [-0.4, -0.2) is 43.7 Å². The van der Waals surface area contributed by atoms with Crippen molar-refractivity contribution in [2.45, 2.75) is 50.6 Å². The Bertz CT molecular complexity index is 967. The maximum Gasteiger partial charge on any atom is 0.326 e. The van der Waals surface area contributed by atoms with E-state index in [2.05, 4.69) is 5.10 Å². The van der Waals surface area contributed by atoms with Gasteiger partial charge in [0.25, 0.3) is 5.56 Å². The molecule has 7 nitrogen and oxygen atoms in total. The van der Waals surface area contributed by atoms with Crippen LogP contribution in [0.4, 0.5) is 0 Å².